The molecule has 5 rings (SSSR count). The van der Waals surface area contributed by atoms with E-state index in [1.54, 1.807) is 6.20 Å². The van der Waals surface area contributed by atoms with Gasteiger partial charge in [-0.1, -0.05) is 12.1 Å². The number of aromatic nitrogens is 4. The molecule has 1 atom stereocenters. The lowest BCUT2D eigenvalue weighted by Gasteiger charge is -2.23. The van der Waals surface area contributed by atoms with Crippen molar-refractivity contribution in [1.82, 2.24) is 24.3 Å². The molecule has 4 aromatic heterocycles. The summed E-state index contributed by atoms with van der Waals surface area (Å²) < 4.78 is 2.14. The van der Waals surface area contributed by atoms with Crippen LogP contribution in [-0.2, 0) is 6.54 Å². The molecule has 134 valence electrons. The quantitative estimate of drug-likeness (QED) is 0.552. The van der Waals surface area contributed by atoms with Gasteiger partial charge in [0.25, 0.3) is 0 Å². The Morgan fingerprint density at radius 1 is 0.963 bits per heavy atom. The number of pyridine rings is 3. The Morgan fingerprint density at radius 2 is 1.89 bits per heavy atom. The Morgan fingerprint density at radius 3 is 2.74 bits per heavy atom. The molecule has 1 unspecified atom stereocenters. The first-order valence-electron chi connectivity index (χ1n) is 9.38. The lowest BCUT2D eigenvalue weighted by Crippen LogP contribution is -2.23. The van der Waals surface area contributed by atoms with Gasteiger partial charge in [0.05, 0.1) is 23.6 Å². The smallest absolute Gasteiger partial charge is 0.0996 e. The highest BCUT2D eigenvalue weighted by atomic mass is 15.2. The average Bonchev–Trinajstić information content (AvgIpc) is 3.35. The fraction of sp³-hybridized carbons (Fsp3) is 0.227. The number of likely N-dealkylation sites (tertiary alicyclic amines) is 1. The molecule has 0 spiro atoms. The van der Waals surface area contributed by atoms with Crippen LogP contribution >= 0.6 is 0 Å². The van der Waals surface area contributed by atoms with Crippen molar-refractivity contribution in [2.75, 3.05) is 6.54 Å². The monoisotopic (exact) mass is 355 g/mol. The van der Waals surface area contributed by atoms with Crippen LogP contribution in [0.1, 0.15) is 30.1 Å². The molecule has 0 N–H and O–H groups in total. The number of fused-ring (bicyclic) bond motifs is 1. The van der Waals surface area contributed by atoms with Gasteiger partial charge >= 0.3 is 0 Å². The first kappa shape index (κ1) is 16.1. The predicted octanol–water partition coefficient (Wildman–Crippen LogP) is 4.13. The molecule has 4 aromatic rings. The SMILES string of the molecule is c1cncc(-c2ccc3c(C4CCCN4Cc4ccncc4)ncn3c2)c1. The van der Waals surface area contributed by atoms with Crippen LogP contribution in [0.4, 0.5) is 0 Å². The van der Waals surface area contributed by atoms with Crippen LogP contribution in [0, 0.1) is 0 Å². The van der Waals surface area contributed by atoms with Crippen molar-refractivity contribution in [3.05, 3.63) is 85.0 Å². The molecule has 5 heteroatoms. The molecular weight excluding hydrogens is 334 g/mol. The van der Waals surface area contributed by atoms with Gasteiger partial charge in [0.1, 0.15) is 0 Å². The molecule has 0 bridgehead atoms. The van der Waals surface area contributed by atoms with Crippen LogP contribution in [0.15, 0.2) is 73.7 Å². The zero-order valence-electron chi connectivity index (χ0n) is 15.1. The molecule has 5 heterocycles. The fourth-order valence-electron chi connectivity index (χ4n) is 4.03. The number of hydrogen-bond acceptors (Lipinski definition) is 4. The maximum atomic E-state index is 4.80. The Balaban J connectivity index is 1.46. The average molecular weight is 355 g/mol. The van der Waals surface area contributed by atoms with Gasteiger partial charge in [-0.05, 0) is 54.8 Å². The lowest BCUT2D eigenvalue weighted by atomic mass is 10.1. The number of hydrogen-bond donors (Lipinski definition) is 0. The number of rotatable bonds is 4. The van der Waals surface area contributed by atoms with E-state index in [2.05, 4.69) is 55.8 Å². The Bertz CT molecular complexity index is 1040. The maximum absolute atomic E-state index is 4.80. The molecule has 1 fully saturated rings. The van der Waals surface area contributed by atoms with Crippen molar-refractivity contribution < 1.29 is 0 Å². The molecule has 1 aliphatic rings. The Labute approximate surface area is 158 Å². The highest BCUT2D eigenvalue weighted by Gasteiger charge is 2.29. The molecule has 27 heavy (non-hydrogen) atoms. The summed E-state index contributed by atoms with van der Waals surface area (Å²) in [6.45, 7) is 2.06. The van der Waals surface area contributed by atoms with Gasteiger partial charge in [0, 0.05) is 43.1 Å². The van der Waals surface area contributed by atoms with Gasteiger partial charge in [0.2, 0.25) is 0 Å². The first-order chi connectivity index (χ1) is 13.4. The molecule has 0 saturated carbocycles. The van der Waals surface area contributed by atoms with Gasteiger partial charge in [0.15, 0.2) is 0 Å². The number of nitrogens with zero attached hydrogens (tertiary/aromatic N) is 5. The van der Waals surface area contributed by atoms with Crippen LogP contribution in [0.5, 0.6) is 0 Å². The van der Waals surface area contributed by atoms with Crippen LogP contribution in [0.3, 0.4) is 0 Å². The van der Waals surface area contributed by atoms with Crippen LogP contribution in [0.25, 0.3) is 16.6 Å². The minimum atomic E-state index is 0.368. The fourth-order valence-corrected chi connectivity index (χ4v) is 4.03. The topological polar surface area (TPSA) is 46.3 Å². The second-order valence-electron chi connectivity index (χ2n) is 7.07. The molecule has 1 aliphatic heterocycles. The summed E-state index contributed by atoms with van der Waals surface area (Å²) in [6, 6.07) is 13.0. The summed E-state index contributed by atoms with van der Waals surface area (Å²) in [7, 11) is 0. The standard InChI is InChI=1S/C22H21N5/c1-3-18(13-24-9-1)19-5-6-21-22(25-16-27(21)15-19)20-4-2-12-26(20)14-17-7-10-23-11-8-17/h1,3,5-11,13,15-16,20H,2,4,12,14H2. The third-order valence-corrected chi connectivity index (χ3v) is 5.37. The van der Waals surface area contributed by atoms with Crippen molar-refractivity contribution in [2.45, 2.75) is 25.4 Å². The van der Waals surface area contributed by atoms with Crippen molar-refractivity contribution in [1.29, 1.82) is 0 Å². The summed E-state index contributed by atoms with van der Waals surface area (Å²) in [5.74, 6) is 0. The lowest BCUT2D eigenvalue weighted by molar-refractivity contribution is 0.246. The van der Waals surface area contributed by atoms with E-state index in [1.165, 1.54) is 23.2 Å². The predicted molar refractivity (Wildman–Crippen MR) is 105 cm³/mol. The third-order valence-electron chi connectivity index (χ3n) is 5.37. The van der Waals surface area contributed by atoms with Crippen LogP contribution in [0.2, 0.25) is 0 Å². The van der Waals surface area contributed by atoms with E-state index in [-0.39, 0.29) is 0 Å². The van der Waals surface area contributed by atoms with Gasteiger partial charge in [-0.15, -0.1) is 0 Å². The van der Waals surface area contributed by atoms with Gasteiger partial charge in [-0.2, -0.15) is 0 Å². The maximum Gasteiger partial charge on any atom is 0.0996 e. The second-order valence-corrected chi connectivity index (χ2v) is 7.07. The molecule has 0 radical (unpaired) electrons. The highest BCUT2D eigenvalue weighted by molar-refractivity contribution is 5.66. The van der Waals surface area contributed by atoms with E-state index in [0.717, 1.165) is 30.6 Å². The van der Waals surface area contributed by atoms with Crippen LogP contribution in [-0.4, -0.2) is 30.8 Å². The summed E-state index contributed by atoms with van der Waals surface area (Å²) in [5.41, 5.74) is 5.95. The van der Waals surface area contributed by atoms with Crippen molar-refractivity contribution >= 4 is 5.52 Å². The Hall–Kier alpha value is -3.05. The van der Waals surface area contributed by atoms with E-state index in [1.807, 2.05) is 31.0 Å². The molecule has 5 nitrogen and oxygen atoms in total. The zero-order valence-corrected chi connectivity index (χ0v) is 15.1. The van der Waals surface area contributed by atoms with Crippen LogP contribution < -0.4 is 0 Å². The number of imidazole rings is 1. The molecule has 0 aliphatic carbocycles. The van der Waals surface area contributed by atoms with Gasteiger partial charge < -0.3 is 4.40 Å². The van der Waals surface area contributed by atoms with E-state index < -0.39 is 0 Å². The van der Waals surface area contributed by atoms with Crippen molar-refractivity contribution in [2.24, 2.45) is 0 Å². The summed E-state index contributed by atoms with van der Waals surface area (Å²) in [5, 5.41) is 0. The first-order valence-corrected chi connectivity index (χ1v) is 9.38. The largest absolute Gasteiger partial charge is 0.305 e. The summed E-state index contributed by atoms with van der Waals surface area (Å²) in [6.07, 6.45) is 13.9. The van der Waals surface area contributed by atoms with Crippen molar-refractivity contribution in [3.8, 4) is 11.1 Å². The van der Waals surface area contributed by atoms with E-state index in [4.69, 9.17) is 4.98 Å². The van der Waals surface area contributed by atoms with E-state index >= 15 is 0 Å². The van der Waals surface area contributed by atoms with Gasteiger partial charge in [-0.25, -0.2) is 4.98 Å². The van der Waals surface area contributed by atoms with Gasteiger partial charge in [-0.3, -0.25) is 14.9 Å². The zero-order chi connectivity index (χ0) is 18.1. The summed E-state index contributed by atoms with van der Waals surface area (Å²) in [4.78, 5) is 15.7. The van der Waals surface area contributed by atoms with E-state index in [0.29, 0.717) is 6.04 Å². The summed E-state index contributed by atoms with van der Waals surface area (Å²) >= 11 is 0. The minimum absolute atomic E-state index is 0.368. The van der Waals surface area contributed by atoms with Crippen molar-refractivity contribution in [3.63, 3.8) is 0 Å². The normalized spacial score (nSPS) is 17.6. The third kappa shape index (κ3) is 3.11. The highest BCUT2D eigenvalue weighted by Crippen LogP contribution is 2.35. The second kappa shape index (κ2) is 6.93. The molecule has 0 amide bonds. The Kier molecular flexibility index (Phi) is 4.14. The van der Waals surface area contributed by atoms with E-state index in [9.17, 15) is 0 Å². The minimum Gasteiger partial charge on any atom is -0.305 e. The molecular formula is C22H21N5. The molecule has 0 aromatic carbocycles. The molecule has 1 saturated heterocycles.